The fourth-order valence-electron chi connectivity index (χ4n) is 1.10. The van der Waals surface area contributed by atoms with Crippen LogP contribution in [-0.4, -0.2) is 42.8 Å². The van der Waals surface area contributed by atoms with Gasteiger partial charge >= 0.3 is 0 Å². The summed E-state index contributed by atoms with van der Waals surface area (Å²) in [6.45, 7) is -0.757. The second-order valence-corrected chi connectivity index (χ2v) is 3.46. The summed E-state index contributed by atoms with van der Waals surface area (Å²) in [6.07, 6.45) is -0.124. The number of nitrogens with one attached hydrogen (secondary N) is 2. The van der Waals surface area contributed by atoms with Gasteiger partial charge in [-0.2, -0.15) is 0 Å². The quantitative estimate of drug-likeness (QED) is 0.341. The number of carbonyl (C=O) groups is 4. The second-order valence-electron chi connectivity index (χ2n) is 3.46. The Morgan fingerprint density at radius 2 is 1.89 bits per heavy atom. The Kier molecular flexibility index (Phi) is 7.05. The molecule has 0 bridgehead atoms. The molecule has 0 unspecified atom stereocenters. The van der Waals surface area contributed by atoms with Crippen molar-refractivity contribution < 1.29 is 30.0 Å². The third-order valence-corrected chi connectivity index (χ3v) is 1.97. The fourth-order valence-corrected chi connectivity index (χ4v) is 1.10. The summed E-state index contributed by atoms with van der Waals surface area (Å²) in [5, 5.41) is 14.5. The SMILES string of the molecule is NC(=O)CC[C@H](NC(=O)C[NH3+])C(=O)NCC(=O)[O-]. The summed E-state index contributed by atoms with van der Waals surface area (Å²) in [5.74, 6) is -3.30. The molecule has 0 heterocycles. The number of nitrogens with two attached hydrogens (primary N) is 1. The van der Waals surface area contributed by atoms with E-state index in [1.165, 1.54) is 0 Å². The molecule has 0 aromatic carbocycles. The topological polar surface area (TPSA) is 169 Å². The highest BCUT2D eigenvalue weighted by atomic mass is 16.4. The second kappa shape index (κ2) is 8.01. The molecule has 7 N–H and O–H groups in total. The van der Waals surface area contributed by atoms with Crippen LogP contribution in [0.2, 0.25) is 0 Å². The number of aliphatic carboxylic acids is 1. The van der Waals surface area contributed by atoms with E-state index in [4.69, 9.17) is 5.73 Å². The van der Waals surface area contributed by atoms with E-state index in [0.717, 1.165) is 0 Å². The monoisotopic (exact) mass is 260 g/mol. The highest BCUT2D eigenvalue weighted by Crippen LogP contribution is 1.97. The molecule has 0 saturated carbocycles. The number of hydrogen-bond donors (Lipinski definition) is 4. The molecular weight excluding hydrogens is 244 g/mol. The van der Waals surface area contributed by atoms with Gasteiger partial charge in [-0.1, -0.05) is 0 Å². The van der Waals surface area contributed by atoms with Crippen LogP contribution in [0.15, 0.2) is 0 Å². The molecule has 0 spiro atoms. The number of rotatable bonds is 8. The van der Waals surface area contributed by atoms with Gasteiger partial charge in [0.2, 0.25) is 11.8 Å². The van der Waals surface area contributed by atoms with Crippen molar-refractivity contribution in [3.63, 3.8) is 0 Å². The number of quaternary nitrogens is 1. The number of hydrogen-bond acceptors (Lipinski definition) is 5. The number of carboxylic acids is 1. The van der Waals surface area contributed by atoms with Crippen LogP contribution >= 0.6 is 0 Å². The van der Waals surface area contributed by atoms with Gasteiger partial charge in [0.1, 0.15) is 6.04 Å². The lowest BCUT2D eigenvalue weighted by atomic mass is 10.1. The predicted molar refractivity (Wildman–Crippen MR) is 56.1 cm³/mol. The Morgan fingerprint density at radius 3 is 2.33 bits per heavy atom. The summed E-state index contributed by atoms with van der Waals surface area (Å²) in [4.78, 5) is 43.4. The van der Waals surface area contributed by atoms with Crippen LogP contribution in [0.3, 0.4) is 0 Å². The molecule has 102 valence electrons. The van der Waals surface area contributed by atoms with Gasteiger partial charge in [-0.15, -0.1) is 0 Å². The zero-order valence-electron chi connectivity index (χ0n) is 9.73. The lowest BCUT2D eigenvalue weighted by Crippen LogP contribution is -2.60. The van der Waals surface area contributed by atoms with Crippen molar-refractivity contribution in [2.75, 3.05) is 13.1 Å². The van der Waals surface area contributed by atoms with Gasteiger partial charge in [-0.05, 0) is 6.42 Å². The van der Waals surface area contributed by atoms with Gasteiger partial charge < -0.3 is 32.0 Å². The van der Waals surface area contributed by atoms with Crippen LogP contribution in [0.4, 0.5) is 0 Å². The van der Waals surface area contributed by atoms with Crippen molar-refractivity contribution >= 4 is 23.7 Å². The highest BCUT2D eigenvalue weighted by molar-refractivity contribution is 5.89. The van der Waals surface area contributed by atoms with Crippen LogP contribution < -0.4 is 27.2 Å². The van der Waals surface area contributed by atoms with Gasteiger partial charge in [0.05, 0.1) is 12.5 Å². The van der Waals surface area contributed by atoms with Crippen LogP contribution in [-0.2, 0) is 19.2 Å². The molecule has 9 heteroatoms. The van der Waals surface area contributed by atoms with Gasteiger partial charge in [0.25, 0.3) is 5.91 Å². The molecule has 0 fully saturated rings. The van der Waals surface area contributed by atoms with Crippen LogP contribution in [0.5, 0.6) is 0 Å². The van der Waals surface area contributed by atoms with Crippen molar-refractivity contribution in [2.24, 2.45) is 5.73 Å². The number of amides is 3. The first-order valence-electron chi connectivity index (χ1n) is 5.21. The first kappa shape index (κ1) is 15.8. The lowest BCUT2D eigenvalue weighted by molar-refractivity contribution is -0.355. The Balaban J connectivity index is 4.42. The minimum absolute atomic E-state index is 0.0139. The maximum atomic E-state index is 11.5. The fraction of sp³-hybridized carbons (Fsp3) is 0.556. The summed E-state index contributed by atoms with van der Waals surface area (Å²) >= 11 is 0. The first-order chi connectivity index (χ1) is 8.36. The third kappa shape index (κ3) is 7.17. The molecule has 0 aliphatic heterocycles. The van der Waals surface area contributed by atoms with E-state index in [2.05, 4.69) is 11.1 Å². The van der Waals surface area contributed by atoms with E-state index >= 15 is 0 Å². The Morgan fingerprint density at radius 1 is 1.28 bits per heavy atom. The van der Waals surface area contributed by atoms with Crippen molar-refractivity contribution in [2.45, 2.75) is 18.9 Å². The summed E-state index contributed by atoms with van der Waals surface area (Å²) in [5.41, 5.74) is 8.25. The molecule has 0 radical (unpaired) electrons. The zero-order valence-corrected chi connectivity index (χ0v) is 9.73. The Labute approximate surface area is 103 Å². The largest absolute Gasteiger partial charge is 0.548 e. The van der Waals surface area contributed by atoms with E-state index < -0.39 is 36.3 Å². The molecule has 3 amide bonds. The Bertz CT molecular complexity index is 344. The maximum absolute atomic E-state index is 11.5. The minimum atomic E-state index is -1.46. The van der Waals surface area contributed by atoms with Crippen molar-refractivity contribution in [3.05, 3.63) is 0 Å². The average molecular weight is 260 g/mol. The summed E-state index contributed by atoms with van der Waals surface area (Å²) < 4.78 is 0. The highest BCUT2D eigenvalue weighted by Gasteiger charge is 2.20. The van der Waals surface area contributed by atoms with E-state index in [-0.39, 0.29) is 19.4 Å². The number of carbonyl (C=O) groups excluding carboxylic acids is 4. The molecule has 0 rings (SSSR count). The van der Waals surface area contributed by atoms with Crippen molar-refractivity contribution in [1.82, 2.24) is 10.6 Å². The number of primary amides is 1. The van der Waals surface area contributed by atoms with Gasteiger partial charge in [-0.3, -0.25) is 14.4 Å². The molecule has 0 aromatic heterocycles. The molecule has 1 atom stereocenters. The van der Waals surface area contributed by atoms with Gasteiger partial charge in [0, 0.05) is 6.42 Å². The van der Waals surface area contributed by atoms with E-state index in [9.17, 15) is 24.3 Å². The first-order valence-corrected chi connectivity index (χ1v) is 5.21. The van der Waals surface area contributed by atoms with E-state index in [1.807, 2.05) is 5.32 Å². The van der Waals surface area contributed by atoms with Crippen molar-refractivity contribution in [3.8, 4) is 0 Å². The van der Waals surface area contributed by atoms with E-state index in [1.54, 1.807) is 0 Å². The smallest absolute Gasteiger partial charge is 0.275 e. The lowest BCUT2D eigenvalue weighted by Gasteiger charge is -2.17. The van der Waals surface area contributed by atoms with Crippen molar-refractivity contribution in [1.29, 1.82) is 0 Å². The summed E-state index contributed by atoms with van der Waals surface area (Å²) in [7, 11) is 0. The standard InChI is InChI=1S/C9H16N4O5/c10-3-7(15)13-5(1-2-6(11)14)9(18)12-4-8(16)17/h5H,1-4,10H2,(H2,11,14)(H,12,18)(H,13,15)(H,16,17)/t5-/m0/s1. The van der Waals surface area contributed by atoms with Crippen LogP contribution in [0.1, 0.15) is 12.8 Å². The maximum Gasteiger partial charge on any atom is 0.275 e. The van der Waals surface area contributed by atoms with Crippen LogP contribution in [0.25, 0.3) is 0 Å². The molecule has 0 aromatic rings. The van der Waals surface area contributed by atoms with E-state index in [0.29, 0.717) is 0 Å². The Hall–Kier alpha value is -2.16. The number of carboxylic acid groups (broad SMARTS) is 1. The minimum Gasteiger partial charge on any atom is -0.548 e. The van der Waals surface area contributed by atoms with Crippen LogP contribution in [0, 0.1) is 0 Å². The third-order valence-electron chi connectivity index (χ3n) is 1.97. The normalized spacial score (nSPS) is 11.4. The average Bonchev–Trinajstić information content (AvgIpc) is 2.30. The summed E-state index contributed by atoms with van der Waals surface area (Å²) in [6, 6.07) is -1.02. The molecular formula is C9H16N4O5. The molecule has 9 nitrogen and oxygen atoms in total. The molecule has 18 heavy (non-hydrogen) atoms. The zero-order chi connectivity index (χ0) is 14.1. The molecule has 0 aliphatic carbocycles. The molecule has 0 saturated heterocycles. The predicted octanol–water partition coefficient (Wildman–Crippen LogP) is -5.16. The van der Waals surface area contributed by atoms with Gasteiger partial charge in [-0.25, -0.2) is 0 Å². The molecule has 0 aliphatic rings. The van der Waals surface area contributed by atoms with Gasteiger partial charge in [0.15, 0.2) is 6.54 Å².